The summed E-state index contributed by atoms with van der Waals surface area (Å²) in [5.41, 5.74) is 3.79. The molecule has 0 aliphatic carbocycles. The lowest BCUT2D eigenvalue weighted by Gasteiger charge is -2.29. The second kappa shape index (κ2) is 5.50. The summed E-state index contributed by atoms with van der Waals surface area (Å²) < 4.78 is 27.7. The SMILES string of the molecule is CC1=Cc2cccc(NS(=O)(=O)c3ccccc3)c2N(C)C1. The predicted octanol–water partition coefficient (Wildman–Crippen LogP) is 3.34. The number of hydrogen-bond acceptors (Lipinski definition) is 3. The minimum absolute atomic E-state index is 0.262. The first-order valence-corrected chi connectivity index (χ1v) is 8.55. The lowest BCUT2D eigenvalue weighted by molar-refractivity contribution is 0.601. The van der Waals surface area contributed by atoms with Crippen LogP contribution in [0.15, 0.2) is 59.0 Å². The van der Waals surface area contributed by atoms with E-state index in [0.717, 1.165) is 17.8 Å². The van der Waals surface area contributed by atoms with E-state index in [4.69, 9.17) is 0 Å². The van der Waals surface area contributed by atoms with Crippen LogP contribution in [0.3, 0.4) is 0 Å². The van der Waals surface area contributed by atoms with Gasteiger partial charge in [0, 0.05) is 13.6 Å². The number of nitrogens with one attached hydrogen (secondary N) is 1. The monoisotopic (exact) mass is 314 g/mol. The van der Waals surface area contributed by atoms with Crippen molar-refractivity contribution in [1.82, 2.24) is 0 Å². The van der Waals surface area contributed by atoms with Crippen LogP contribution in [0, 0.1) is 0 Å². The highest BCUT2D eigenvalue weighted by molar-refractivity contribution is 7.92. The average molecular weight is 314 g/mol. The summed E-state index contributed by atoms with van der Waals surface area (Å²) in [4.78, 5) is 2.32. The summed E-state index contributed by atoms with van der Waals surface area (Å²) in [5, 5.41) is 0. The third-order valence-corrected chi connectivity index (χ3v) is 5.02. The second-order valence-corrected chi connectivity index (χ2v) is 7.19. The van der Waals surface area contributed by atoms with Crippen LogP contribution in [-0.2, 0) is 10.0 Å². The van der Waals surface area contributed by atoms with E-state index in [2.05, 4.69) is 22.6 Å². The molecule has 0 atom stereocenters. The molecule has 3 rings (SSSR count). The smallest absolute Gasteiger partial charge is 0.261 e. The Bertz CT molecular complexity index is 827. The third-order valence-electron chi connectivity index (χ3n) is 3.64. The normalized spacial score (nSPS) is 14.3. The largest absolute Gasteiger partial charge is 0.368 e. The fourth-order valence-electron chi connectivity index (χ4n) is 2.75. The molecular formula is C17H18N2O2S. The van der Waals surface area contributed by atoms with Crippen molar-refractivity contribution in [2.75, 3.05) is 23.2 Å². The van der Waals surface area contributed by atoms with E-state index in [-0.39, 0.29) is 4.90 Å². The molecule has 4 nitrogen and oxygen atoms in total. The minimum Gasteiger partial charge on any atom is -0.368 e. The molecule has 1 heterocycles. The number of benzene rings is 2. The topological polar surface area (TPSA) is 49.4 Å². The lowest BCUT2D eigenvalue weighted by atomic mass is 10.0. The number of anilines is 2. The Balaban J connectivity index is 2.03. The quantitative estimate of drug-likeness (QED) is 0.945. The zero-order chi connectivity index (χ0) is 15.7. The summed E-state index contributed by atoms with van der Waals surface area (Å²) in [7, 11) is -1.61. The molecule has 0 aromatic heterocycles. The van der Waals surface area contributed by atoms with E-state index in [1.54, 1.807) is 36.4 Å². The first kappa shape index (κ1) is 14.7. The molecule has 5 heteroatoms. The zero-order valence-electron chi connectivity index (χ0n) is 12.6. The van der Waals surface area contributed by atoms with Crippen molar-refractivity contribution < 1.29 is 8.42 Å². The van der Waals surface area contributed by atoms with Crippen LogP contribution < -0.4 is 9.62 Å². The van der Waals surface area contributed by atoms with E-state index in [1.807, 2.05) is 19.2 Å². The van der Waals surface area contributed by atoms with Crippen LogP contribution in [0.4, 0.5) is 11.4 Å². The molecule has 0 spiro atoms. The Hall–Kier alpha value is -2.27. The molecule has 0 unspecified atom stereocenters. The molecule has 0 radical (unpaired) electrons. The van der Waals surface area contributed by atoms with Crippen molar-refractivity contribution >= 4 is 27.5 Å². The first-order chi connectivity index (χ1) is 10.5. The molecule has 1 aliphatic heterocycles. The van der Waals surface area contributed by atoms with Crippen molar-refractivity contribution in [3.8, 4) is 0 Å². The highest BCUT2D eigenvalue weighted by Crippen LogP contribution is 2.35. The molecule has 22 heavy (non-hydrogen) atoms. The number of sulfonamides is 1. The molecule has 1 aliphatic rings. The number of fused-ring (bicyclic) bond motifs is 1. The van der Waals surface area contributed by atoms with Crippen molar-refractivity contribution in [1.29, 1.82) is 0 Å². The van der Waals surface area contributed by atoms with Gasteiger partial charge in [0.15, 0.2) is 0 Å². The van der Waals surface area contributed by atoms with E-state index in [1.165, 1.54) is 5.57 Å². The van der Waals surface area contributed by atoms with Crippen molar-refractivity contribution in [2.45, 2.75) is 11.8 Å². The van der Waals surface area contributed by atoms with E-state index in [0.29, 0.717) is 5.69 Å². The lowest BCUT2D eigenvalue weighted by Crippen LogP contribution is -2.25. The fourth-order valence-corrected chi connectivity index (χ4v) is 3.84. The summed E-state index contributed by atoms with van der Waals surface area (Å²) in [6, 6.07) is 14.1. The number of likely N-dealkylation sites (N-methyl/N-ethyl adjacent to an activating group) is 1. The Labute approximate surface area is 131 Å². The van der Waals surface area contributed by atoms with Crippen LogP contribution >= 0.6 is 0 Å². The van der Waals surface area contributed by atoms with Gasteiger partial charge in [-0.2, -0.15) is 0 Å². The Morgan fingerprint density at radius 2 is 1.77 bits per heavy atom. The molecule has 2 aromatic carbocycles. The van der Waals surface area contributed by atoms with Gasteiger partial charge in [-0.25, -0.2) is 8.42 Å². The zero-order valence-corrected chi connectivity index (χ0v) is 13.4. The molecule has 114 valence electrons. The highest BCUT2D eigenvalue weighted by atomic mass is 32.2. The van der Waals surface area contributed by atoms with Gasteiger partial charge in [-0.05, 0) is 30.7 Å². The summed E-state index contributed by atoms with van der Waals surface area (Å²) in [5.74, 6) is 0. The number of rotatable bonds is 3. The number of para-hydroxylation sites is 1. The predicted molar refractivity (Wildman–Crippen MR) is 90.6 cm³/mol. The fraction of sp³-hybridized carbons (Fsp3) is 0.176. The van der Waals surface area contributed by atoms with Gasteiger partial charge in [0.1, 0.15) is 0 Å². The van der Waals surface area contributed by atoms with Crippen LogP contribution in [0.25, 0.3) is 6.08 Å². The maximum absolute atomic E-state index is 12.5. The van der Waals surface area contributed by atoms with Gasteiger partial charge in [-0.15, -0.1) is 0 Å². The molecular weight excluding hydrogens is 296 g/mol. The maximum Gasteiger partial charge on any atom is 0.261 e. The molecule has 0 bridgehead atoms. The Morgan fingerprint density at radius 3 is 2.50 bits per heavy atom. The number of nitrogens with zero attached hydrogens (tertiary/aromatic N) is 1. The van der Waals surface area contributed by atoms with Crippen LogP contribution in [0.5, 0.6) is 0 Å². The minimum atomic E-state index is -3.58. The second-order valence-electron chi connectivity index (χ2n) is 5.51. The average Bonchev–Trinajstić information content (AvgIpc) is 2.47. The van der Waals surface area contributed by atoms with Gasteiger partial charge in [0.25, 0.3) is 10.0 Å². The van der Waals surface area contributed by atoms with Crippen LogP contribution in [0.1, 0.15) is 12.5 Å². The summed E-state index contributed by atoms with van der Waals surface area (Å²) in [6.45, 7) is 2.86. The highest BCUT2D eigenvalue weighted by Gasteiger charge is 2.20. The van der Waals surface area contributed by atoms with Crippen molar-refractivity contribution in [3.05, 3.63) is 59.7 Å². The molecule has 1 N–H and O–H groups in total. The van der Waals surface area contributed by atoms with Gasteiger partial charge in [-0.1, -0.05) is 42.0 Å². The standard InChI is InChI=1S/C17H18N2O2S/c1-13-11-14-7-6-10-16(17(14)19(2)12-13)18-22(20,21)15-8-4-3-5-9-15/h3-11,18H,12H2,1-2H3. The maximum atomic E-state index is 12.5. The molecule has 0 saturated heterocycles. The summed E-state index contributed by atoms with van der Waals surface area (Å²) >= 11 is 0. The van der Waals surface area contributed by atoms with Crippen LogP contribution in [-0.4, -0.2) is 22.0 Å². The number of hydrogen-bond donors (Lipinski definition) is 1. The summed E-state index contributed by atoms with van der Waals surface area (Å²) in [6.07, 6.45) is 2.09. The molecule has 0 amide bonds. The third kappa shape index (κ3) is 2.72. The molecule has 2 aromatic rings. The van der Waals surface area contributed by atoms with E-state index >= 15 is 0 Å². The van der Waals surface area contributed by atoms with E-state index in [9.17, 15) is 8.42 Å². The van der Waals surface area contributed by atoms with Gasteiger partial charge >= 0.3 is 0 Å². The first-order valence-electron chi connectivity index (χ1n) is 7.06. The van der Waals surface area contributed by atoms with Crippen molar-refractivity contribution in [3.63, 3.8) is 0 Å². The van der Waals surface area contributed by atoms with E-state index < -0.39 is 10.0 Å². The molecule has 0 fully saturated rings. The van der Waals surface area contributed by atoms with Crippen molar-refractivity contribution in [2.24, 2.45) is 0 Å². The van der Waals surface area contributed by atoms with Crippen LogP contribution in [0.2, 0.25) is 0 Å². The van der Waals surface area contributed by atoms with Gasteiger partial charge in [-0.3, -0.25) is 4.72 Å². The van der Waals surface area contributed by atoms with Gasteiger partial charge in [0.05, 0.1) is 16.3 Å². The van der Waals surface area contributed by atoms with Gasteiger partial charge in [0.2, 0.25) is 0 Å². The van der Waals surface area contributed by atoms with Gasteiger partial charge < -0.3 is 4.90 Å². The Morgan fingerprint density at radius 1 is 1.05 bits per heavy atom. The molecule has 0 saturated carbocycles. The Kier molecular flexibility index (Phi) is 3.66.